The highest BCUT2D eigenvalue weighted by Gasteiger charge is 2.15. The van der Waals surface area contributed by atoms with Crippen molar-refractivity contribution in [3.63, 3.8) is 0 Å². The molecule has 0 aromatic carbocycles. The molecule has 3 N–H and O–H groups in total. The molecule has 0 aromatic rings. The molecule has 0 fully saturated rings. The van der Waals surface area contributed by atoms with Gasteiger partial charge in [-0.05, 0) is 37.8 Å². The molecular formula is C12H28N2. The maximum Gasteiger partial charge on any atom is 0.0113 e. The van der Waals surface area contributed by atoms with E-state index in [4.69, 9.17) is 5.73 Å². The summed E-state index contributed by atoms with van der Waals surface area (Å²) in [6.45, 7) is 11.1. The first kappa shape index (κ1) is 13.9. The Morgan fingerprint density at radius 3 is 1.93 bits per heavy atom. The van der Waals surface area contributed by atoms with Crippen molar-refractivity contribution in [2.75, 3.05) is 13.1 Å². The van der Waals surface area contributed by atoms with E-state index in [9.17, 15) is 0 Å². The first-order chi connectivity index (χ1) is 6.59. The van der Waals surface area contributed by atoms with Gasteiger partial charge in [-0.2, -0.15) is 0 Å². The fourth-order valence-electron chi connectivity index (χ4n) is 1.96. The summed E-state index contributed by atoms with van der Waals surface area (Å²) < 4.78 is 0. The molecule has 0 bridgehead atoms. The second-order valence-corrected chi connectivity index (χ2v) is 4.82. The van der Waals surface area contributed by atoms with Crippen LogP contribution < -0.4 is 11.1 Å². The van der Waals surface area contributed by atoms with Gasteiger partial charge in [-0.1, -0.05) is 34.1 Å². The van der Waals surface area contributed by atoms with E-state index in [0.717, 1.165) is 31.3 Å². The van der Waals surface area contributed by atoms with Crippen molar-refractivity contribution < 1.29 is 0 Å². The standard InChI is InChI=1S/C12H28N2/c1-10(2)12(11(3)4)14-9-7-5-6-8-13/h10-12,14H,5-9,13H2,1-4H3. The first-order valence-corrected chi connectivity index (χ1v) is 6.03. The molecule has 0 heterocycles. The van der Waals surface area contributed by atoms with Crippen LogP contribution >= 0.6 is 0 Å². The molecular weight excluding hydrogens is 172 g/mol. The number of rotatable bonds is 8. The fourth-order valence-corrected chi connectivity index (χ4v) is 1.96. The maximum absolute atomic E-state index is 5.45. The van der Waals surface area contributed by atoms with E-state index >= 15 is 0 Å². The van der Waals surface area contributed by atoms with Gasteiger partial charge < -0.3 is 11.1 Å². The Kier molecular flexibility index (Phi) is 8.20. The smallest absolute Gasteiger partial charge is 0.0113 e. The number of unbranched alkanes of at least 4 members (excludes halogenated alkanes) is 2. The summed E-state index contributed by atoms with van der Waals surface area (Å²) in [5.41, 5.74) is 5.45. The second kappa shape index (κ2) is 8.25. The molecule has 2 nitrogen and oxygen atoms in total. The lowest BCUT2D eigenvalue weighted by Gasteiger charge is -2.26. The Morgan fingerprint density at radius 2 is 1.50 bits per heavy atom. The molecule has 0 atom stereocenters. The summed E-state index contributed by atoms with van der Waals surface area (Å²) in [6.07, 6.45) is 3.68. The Hall–Kier alpha value is -0.0800. The lowest BCUT2D eigenvalue weighted by Crippen LogP contribution is -2.38. The lowest BCUT2D eigenvalue weighted by atomic mass is 9.93. The average molecular weight is 200 g/mol. The monoisotopic (exact) mass is 200 g/mol. The van der Waals surface area contributed by atoms with Crippen LogP contribution in [0.2, 0.25) is 0 Å². The molecule has 0 unspecified atom stereocenters. The number of hydrogen-bond donors (Lipinski definition) is 2. The Bertz CT molecular complexity index is 113. The summed E-state index contributed by atoms with van der Waals surface area (Å²) in [4.78, 5) is 0. The van der Waals surface area contributed by atoms with Crippen LogP contribution in [0, 0.1) is 11.8 Å². The van der Waals surface area contributed by atoms with Gasteiger partial charge in [0.1, 0.15) is 0 Å². The minimum absolute atomic E-state index is 0.660. The van der Waals surface area contributed by atoms with Crippen molar-refractivity contribution >= 4 is 0 Å². The lowest BCUT2D eigenvalue weighted by molar-refractivity contribution is 0.313. The fraction of sp³-hybridized carbons (Fsp3) is 1.00. The van der Waals surface area contributed by atoms with Gasteiger partial charge in [0.2, 0.25) is 0 Å². The largest absolute Gasteiger partial charge is 0.330 e. The zero-order valence-electron chi connectivity index (χ0n) is 10.3. The van der Waals surface area contributed by atoms with Crippen LogP contribution in [0.1, 0.15) is 47.0 Å². The molecule has 0 aliphatic heterocycles. The highest BCUT2D eigenvalue weighted by molar-refractivity contribution is 4.73. The third-order valence-electron chi connectivity index (χ3n) is 2.70. The van der Waals surface area contributed by atoms with Crippen molar-refractivity contribution in [3.05, 3.63) is 0 Å². The highest BCUT2D eigenvalue weighted by Crippen LogP contribution is 2.11. The number of hydrogen-bond acceptors (Lipinski definition) is 2. The zero-order chi connectivity index (χ0) is 11.0. The van der Waals surface area contributed by atoms with Crippen LogP contribution in [0.3, 0.4) is 0 Å². The van der Waals surface area contributed by atoms with Gasteiger partial charge in [-0.15, -0.1) is 0 Å². The SMILES string of the molecule is CC(C)C(NCCCCCN)C(C)C. The molecule has 2 heteroatoms. The van der Waals surface area contributed by atoms with E-state index in [-0.39, 0.29) is 0 Å². The average Bonchev–Trinajstić information content (AvgIpc) is 2.09. The first-order valence-electron chi connectivity index (χ1n) is 6.03. The summed E-state index contributed by atoms with van der Waals surface area (Å²) >= 11 is 0. The predicted octanol–water partition coefficient (Wildman–Crippen LogP) is 2.39. The van der Waals surface area contributed by atoms with E-state index in [2.05, 4.69) is 33.0 Å². The van der Waals surface area contributed by atoms with Crippen molar-refractivity contribution in [3.8, 4) is 0 Å². The molecule has 86 valence electrons. The Morgan fingerprint density at radius 1 is 0.929 bits per heavy atom. The van der Waals surface area contributed by atoms with Gasteiger partial charge in [-0.25, -0.2) is 0 Å². The van der Waals surface area contributed by atoms with E-state index in [1.165, 1.54) is 12.8 Å². The molecule has 0 aliphatic carbocycles. The topological polar surface area (TPSA) is 38.0 Å². The third kappa shape index (κ3) is 6.39. The summed E-state index contributed by atoms with van der Waals surface area (Å²) in [5, 5.41) is 3.64. The van der Waals surface area contributed by atoms with Crippen LogP contribution in [0.25, 0.3) is 0 Å². The number of nitrogens with two attached hydrogens (primary N) is 1. The van der Waals surface area contributed by atoms with E-state index in [0.29, 0.717) is 6.04 Å². The van der Waals surface area contributed by atoms with E-state index < -0.39 is 0 Å². The van der Waals surface area contributed by atoms with Crippen LogP contribution in [0.15, 0.2) is 0 Å². The summed E-state index contributed by atoms with van der Waals surface area (Å²) in [7, 11) is 0. The molecule has 0 radical (unpaired) electrons. The van der Waals surface area contributed by atoms with Gasteiger partial charge in [0.05, 0.1) is 0 Å². The quantitative estimate of drug-likeness (QED) is 0.590. The molecule has 0 amide bonds. The van der Waals surface area contributed by atoms with Gasteiger partial charge in [0.15, 0.2) is 0 Å². The van der Waals surface area contributed by atoms with Crippen molar-refractivity contribution in [2.45, 2.75) is 53.0 Å². The molecule has 0 spiro atoms. The molecule has 0 saturated heterocycles. The van der Waals surface area contributed by atoms with Crippen LogP contribution in [-0.4, -0.2) is 19.1 Å². The molecule has 0 aliphatic rings. The van der Waals surface area contributed by atoms with Crippen LogP contribution in [0.5, 0.6) is 0 Å². The van der Waals surface area contributed by atoms with Crippen molar-refractivity contribution in [1.82, 2.24) is 5.32 Å². The Labute approximate surface area is 89.6 Å². The van der Waals surface area contributed by atoms with Crippen molar-refractivity contribution in [2.24, 2.45) is 17.6 Å². The minimum atomic E-state index is 0.660. The van der Waals surface area contributed by atoms with Crippen molar-refractivity contribution in [1.29, 1.82) is 0 Å². The van der Waals surface area contributed by atoms with Gasteiger partial charge >= 0.3 is 0 Å². The minimum Gasteiger partial charge on any atom is -0.330 e. The summed E-state index contributed by atoms with van der Waals surface area (Å²) in [5.74, 6) is 1.45. The maximum atomic E-state index is 5.45. The highest BCUT2D eigenvalue weighted by atomic mass is 14.9. The normalized spacial score (nSPS) is 12.0. The summed E-state index contributed by atoms with van der Waals surface area (Å²) in [6, 6.07) is 0.660. The van der Waals surface area contributed by atoms with Gasteiger partial charge in [-0.3, -0.25) is 0 Å². The van der Waals surface area contributed by atoms with Gasteiger partial charge in [0, 0.05) is 6.04 Å². The zero-order valence-corrected chi connectivity index (χ0v) is 10.3. The Balaban J connectivity index is 3.52. The molecule has 14 heavy (non-hydrogen) atoms. The molecule has 0 saturated carbocycles. The van der Waals surface area contributed by atoms with Gasteiger partial charge in [0.25, 0.3) is 0 Å². The third-order valence-corrected chi connectivity index (χ3v) is 2.70. The van der Waals surface area contributed by atoms with Crippen LogP contribution in [0.4, 0.5) is 0 Å². The molecule has 0 rings (SSSR count). The van der Waals surface area contributed by atoms with E-state index in [1.54, 1.807) is 0 Å². The number of nitrogens with one attached hydrogen (secondary N) is 1. The second-order valence-electron chi connectivity index (χ2n) is 4.82. The predicted molar refractivity (Wildman–Crippen MR) is 64.4 cm³/mol. The van der Waals surface area contributed by atoms with E-state index in [1.807, 2.05) is 0 Å². The molecule has 0 aromatic heterocycles. The van der Waals surface area contributed by atoms with Crippen LogP contribution in [-0.2, 0) is 0 Å².